The van der Waals surface area contributed by atoms with E-state index in [1.807, 2.05) is 25.1 Å². The first-order valence-corrected chi connectivity index (χ1v) is 8.57. The number of aromatic nitrogens is 4. The topological polar surface area (TPSA) is 91.1 Å². The lowest BCUT2D eigenvalue weighted by Gasteiger charge is -2.27. The van der Waals surface area contributed by atoms with Crippen molar-refractivity contribution in [3.63, 3.8) is 0 Å². The van der Waals surface area contributed by atoms with Crippen molar-refractivity contribution in [2.24, 2.45) is 0 Å². The molecule has 140 valence electrons. The molecule has 0 spiro atoms. The highest BCUT2D eigenvalue weighted by Crippen LogP contribution is 2.33. The Balaban J connectivity index is 1.40. The van der Waals surface area contributed by atoms with Gasteiger partial charge in [-0.3, -0.25) is 4.79 Å². The third-order valence-electron chi connectivity index (χ3n) is 4.50. The lowest BCUT2D eigenvalue weighted by atomic mass is 10.1. The zero-order valence-electron chi connectivity index (χ0n) is 15.0. The largest absolute Gasteiger partial charge is 0.486 e. The molecule has 3 aromatic rings. The predicted molar refractivity (Wildman–Crippen MR) is 94.9 cm³/mol. The highest BCUT2D eigenvalue weighted by molar-refractivity contribution is 5.78. The number of carbonyl (C=O) groups is 1. The Morgan fingerprint density at radius 2 is 2.07 bits per heavy atom. The monoisotopic (exact) mass is 369 g/mol. The van der Waals surface area contributed by atoms with Gasteiger partial charge in [-0.05, 0) is 30.7 Å². The molecule has 0 saturated carbocycles. The minimum absolute atomic E-state index is 0.119. The average molecular weight is 369 g/mol. The summed E-state index contributed by atoms with van der Waals surface area (Å²) in [6.07, 6.45) is 1.47. The van der Waals surface area contributed by atoms with Crippen LogP contribution in [0.1, 0.15) is 18.5 Å². The van der Waals surface area contributed by atoms with Crippen LogP contribution in [-0.4, -0.2) is 57.5 Å². The van der Waals surface area contributed by atoms with Crippen molar-refractivity contribution in [1.29, 1.82) is 0 Å². The van der Waals surface area contributed by atoms with Crippen LogP contribution < -0.4 is 14.2 Å². The Kier molecular flexibility index (Phi) is 4.49. The van der Waals surface area contributed by atoms with Crippen LogP contribution in [0.3, 0.4) is 0 Å². The van der Waals surface area contributed by atoms with Crippen molar-refractivity contribution in [3.05, 3.63) is 42.2 Å². The number of nitrogens with zero attached hydrogens (tertiary/aromatic N) is 5. The highest BCUT2D eigenvalue weighted by atomic mass is 16.6. The Bertz CT molecular complexity index is 973. The third kappa shape index (κ3) is 3.48. The summed E-state index contributed by atoms with van der Waals surface area (Å²) in [7, 11) is 1.74. The van der Waals surface area contributed by atoms with E-state index in [9.17, 15) is 4.79 Å². The van der Waals surface area contributed by atoms with E-state index in [0.29, 0.717) is 30.5 Å². The van der Waals surface area contributed by atoms with Crippen LogP contribution in [0.5, 0.6) is 17.4 Å². The second-order valence-electron chi connectivity index (χ2n) is 6.18. The van der Waals surface area contributed by atoms with Gasteiger partial charge < -0.3 is 19.1 Å². The van der Waals surface area contributed by atoms with Crippen LogP contribution in [-0.2, 0) is 4.79 Å². The second kappa shape index (κ2) is 7.10. The molecule has 1 aliphatic rings. The molecule has 0 bridgehead atoms. The predicted octanol–water partition coefficient (Wildman–Crippen LogP) is 1.49. The SMILES string of the molecule is CC(c1ccc2c(c1)OCCO2)N(C)C(=O)COc1ccc2nncn2n1. The van der Waals surface area contributed by atoms with Crippen LogP contribution in [0.25, 0.3) is 5.65 Å². The normalized spacial score (nSPS) is 14.0. The Morgan fingerprint density at radius 1 is 1.26 bits per heavy atom. The molecule has 0 aliphatic carbocycles. The molecule has 1 aliphatic heterocycles. The summed E-state index contributed by atoms with van der Waals surface area (Å²) in [4.78, 5) is 14.1. The summed E-state index contributed by atoms with van der Waals surface area (Å²) < 4.78 is 18.2. The lowest BCUT2D eigenvalue weighted by molar-refractivity contribution is -0.134. The van der Waals surface area contributed by atoms with Crippen LogP contribution >= 0.6 is 0 Å². The molecule has 0 radical (unpaired) electrons. The molecule has 0 fully saturated rings. The van der Waals surface area contributed by atoms with Crippen LogP contribution in [0.15, 0.2) is 36.7 Å². The van der Waals surface area contributed by atoms with E-state index in [4.69, 9.17) is 14.2 Å². The fourth-order valence-corrected chi connectivity index (χ4v) is 2.78. The van der Waals surface area contributed by atoms with Crippen LogP contribution in [0.2, 0.25) is 0 Å². The van der Waals surface area contributed by atoms with Gasteiger partial charge in [0.1, 0.15) is 19.5 Å². The first-order chi connectivity index (χ1) is 13.1. The molecule has 1 amide bonds. The van der Waals surface area contributed by atoms with Crippen molar-refractivity contribution in [3.8, 4) is 17.4 Å². The summed E-state index contributed by atoms with van der Waals surface area (Å²) in [5.41, 5.74) is 1.57. The van der Waals surface area contributed by atoms with Gasteiger partial charge in [0.05, 0.1) is 6.04 Å². The number of benzene rings is 1. The summed E-state index contributed by atoms with van der Waals surface area (Å²) in [5.74, 6) is 1.60. The Morgan fingerprint density at radius 3 is 2.93 bits per heavy atom. The first-order valence-electron chi connectivity index (χ1n) is 8.57. The minimum Gasteiger partial charge on any atom is -0.486 e. The number of fused-ring (bicyclic) bond motifs is 2. The summed E-state index contributed by atoms with van der Waals surface area (Å²) in [5, 5.41) is 11.8. The highest BCUT2D eigenvalue weighted by Gasteiger charge is 2.21. The lowest BCUT2D eigenvalue weighted by Crippen LogP contribution is -2.33. The van der Waals surface area contributed by atoms with E-state index in [0.717, 1.165) is 11.3 Å². The van der Waals surface area contributed by atoms with Crippen molar-refractivity contribution in [2.45, 2.75) is 13.0 Å². The molecule has 0 N–H and O–H groups in total. The summed E-state index contributed by atoms with van der Waals surface area (Å²) in [6.45, 7) is 2.90. The molecule has 1 aromatic carbocycles. The van der Waals surface area contributed by atoms with Crippen molar-refractivity contribution < 1.29 is 19.0 Å². The van der Waals surface area contributed by atoms with Gasteiger partial charge in [0.2, 0.25) is 5.88 Å². The van der Waals surface area contributed by atoms with Gasteiger partial charge in [0.15, 0.2) is 23.8 Å². The van der Waals surface area contributed by atoms with Crippen molar-refractivity contribution in [1.82, 2.24) is 24.7 Å². The number of rotatable bonds is 5. The van der Waals surface area contributed by atoms with Crippen LogP contribution in [0, 0.1) is 0 Å². The average Bonchev–Trinajstić information content (AvgIpc) is 3.18. The molecule has 27 heavy (non-hydrogen) atoms. The fourth-order valence-electron chi connectivity index (χ4n) is 2.78. The molecular formula is C18H19N5O4. The molecule has 4 rings (SSSR count). The van der Waals surface area contributed by atoms with Gasteiger partial charge >= 0.3 is 0 Å². The molecule has 9 nitrogen and oxygen atoms in total. The quantitative estimate of drug-likeness (QED) is 0.673. The molecule has 9 heteroatoms. The van der Waals surface area contributed by atoms with E-state index in [-0.39, 0.29) is 18.6 Å². The number of hydrogen-bond donors (Lipinski definition) is 0. The number of amides is 1. The van der Waals surface area contributed by atoms with Gasteiger partial charge in [-0.2, -0.15) is 4.52 Å². The standard InChI is InChI=1S/C18H19N5O4/c1-12(13-3-4-14-15(9-13)26-8-7-25-14)22(2)18(24)10-27-17-6-5-16-20-19-11-23(16)21-17/h3-6,9,11-12H,7-8,10H2,1-2H3. The summed E-state index contributed by atoms with van der Waals surface area (Å²) >= 11 is 0. The maximum atomic E-state index is 12.5. The van der Waals surface area contributed by atoms with Gasteiger partial charge in [0, 0.05) is 13.1 Å². The second-order valence-corrected chi connectivity index (χ2v) is 6.18. The first kappa shape index (κ1) is 17.1. The molecule has 1 atom stereocenters. The number of ether oxygens (including phenoxy) is 3. The molecule has 3 heterocycles. The number of likely N-dealkylation sites (N-methyl/N-ethyl adjacent to an activating group) is 1. The molecule has 1 unspecified atom stereocenters. The summed E-state index contributed by atoms with van der Waals surface area (Å²) in [6, 6.07) is 8.94. The van der Waals surface area contributed by atoms with E-state index in [2.05, 4.69) is 15.3 Å². The zero-order valence-corrected chi connectivity index (χ0v) is 15.0. The minimum atomic E-state index is -0.164. The molecule has 0 saturated heterocycles. The Labute approximate surface area is 155 Å². The Hall–Kier alpha value is -3.36. The van der Waals surface area contributed by atoms with Crippen molar-refractivity contribution >= 4 is 11.6 Å². The maximum Gasteiger partial charge on any atom is 0.260 e. The number of carbonyl (C=O) groups excluding carboxylic acids is 1. The molecular weight excluding hydrogens is 350 g/mol. The van der Waals surface area contributed by atoms with Crippen LogP contribution in [0.4, 0.5) is 0 Å². The van der Waals surface area contributed by atoms with E-state index in [1.54, 1.807) is 24.1 Å². The van der Waals surface area contributed by atoms with Crippen molar-refractivity contribution in [2.75, 3.05) is 26.9 Å². The van der Waals surface area contributed by atoms with Gasteiger partial charge in [0.25, 0.3) is 5.91 Å². The van der Waals surface area contributed by atoms with E-state index in [1.165, 1.54) is 10.8 Å². The van der Waals surface area contributed by atoms with E-state index >= 15 is 0 Å². The van der Waals surface area contributed by atoms with Gasteiger partial charge in [-0.15, -0.1) is 15.3 Å². The van der Waals surface area contributed by atoms with Gasteiger partial charge in [-0.25, -0.2) is 0 Å². The van der Waals surface area contributed by atoms with E-state index < -0.39 is 0 Å². The zero-order chi connectivity index (χ0) is 18.8. The smallest absolute Gasteiger partial charge is 0.260 e. The number of hydrogen-bond acceptors (Lipinski definition) is 7. The fraction of sp³-hybridized carbons (Fsp3) is 0.333. The van der Waals surface area contributed by atoms with Gasteiger partial charge in [-0.1, -0.05) is 6.07 Å². The molecule has 2 aromatic heterocycles. The maximum absolute atomic E-state index is 12.5. The third-order valence-corrected chi connectivity index (χ3v) is 4.50.